The fraction of sp³-hybridized carbons (Fsp3) is 0.118. The van der Waals surface area contributed by atoms with Gasteiger partial charge in [0.15, 0.2) is 5.75 Å². The highest BCUT2D eigenvalue weighted by Crippen LogP contribution is 2.34. The van der Waals surface area contributed by atoms with Crippen LogP contribution >= 0.6 is 0 Å². The highest BCUT2D eigenvalue weighted by atomic mass is 19.4. The van der Waals surface area contributed by atoms with Crippen molar-refractivity contribution in [1.29, 1.82) is 0 Å². The highest BCUT2D eigenvalue weighted by molar-refractivity contribution is 5.63. The summed E-state index contributed by atoms with van der Waals surface area (Å²) in [6, 6.07) is 12.9. The standard InChI is InChI=1S/C17H12F3N3O3/c18-17(19,20)15-9-21-16(22-15)12-6-7-14(13(8-12)23(24)25)26-10-11-4-2-1-3-5-11/h1-9H,10H2,(H,21,22). The molecule has 2 aromatic carbocycles. The van der Waals surface area contributed by atoms with Crippen molar-refractivity contribution in [1.82, 2.24) is 9.97 Å². The van der Waals surface area contributed by atoms with Crippen molar-refractivity contribution in [3.63, 3.8) is 0 Å². The summed E-state index contributed by atoms with van der Waals surface area (Å²) in [6.07, 6.45) is -3.93. The lowest BCUT2D eigenvalue weighted by atomic mass is 10.1. The molecule has 0 amide bonds. The Morgan fingerprint density at radius 2 is 1.88 bits per heavy atom. The summed E-state index contributed by atoms with van der Waals surface area (Å²) >= 11 is 0. The quantitative estimate of drug-likeness (QED) is 0.531. The molecule has 0 spiro atoms. The number of nitrogens with zero attached hydrogens (tertiary/aromatic N) is 2. The van der Waals surface area contributed by atoms with Crippen LogP contribution < -0.4 is 4.74 Å². The fourth-order valence-corrected chi connectivity index (χ4v) is 2.28. The first-order valence-electron chi connectivity index (χ1n) is 7.42. The number of halogens is 3. The van der Waals surface area contributed by atoms with Gasteiger partial charge in [-0.15, -0.1) is 0 Å². The van der Waals surface area contributed by atoms with Crippen LogP contribution in [-0.2, 0) is 12.8 Å². The van der Waals surface area contributed by atoms with Gasteiger partial charge in [0.1, 0.15) is 18.1 Å². The summed E-state index contributed by atoms with van der Waals surface area (Å²) in [4.78, 5) is 16.4. The lowest BCUT2D eigenvalue weighted by Crippen LogP contribution is -2.04. The lowest BCUT2D eigenvalue weighted by molar-refractivity contribution is -0.385. The van der Waals surface area contributed by atoms with Crippen LogP contribution in [0.5, 0.6) is 5.75 Å². The molecule has 0 saturated heterocycles. The molecule has 0 radical (unpaired) electrons. The van der Waals surface area contributed by atoms with E-state index in [2.05, 4.69) is 9.97 Å². The number of nitrogens with one attached hydrogen (secondary N) is 1. The monoisotopic (exact) mass is 363 g/mol. The normalized spacial score (nSPS) is 11.3. The molecule has 0 bridgehead atoms. The number of nitro groups is 1. The van der Waals surface area contributed by atoms with Crippen molar-refractivity contribution < 1.29 is 22.8 Å². The minimum Gasteiger partial charge on any atom is -0.482 e. The molecule has 26 heavy (non-hydrogen) atoms. The summed E-state index contributed by atoms with van der Waals surface area (Å²) in [5.41, 5.74) is -0.408. The van der Waals surface area contributed by atoms with Gasteiger partial charge in [0.05, 0.1) is 11.1 Å². The summed E-state index contributed by atoms with van der Waals surface area (Å²) in [6.45, 7) is 0.125. The molecule has 0 unspecified atom stereocenters. The number of H-pyrrole nitrogens is 1. The first kappa shape index (κ1) is 17.5. The maximum Gasteiger partial charge on any atom is 0.432 e. The van der Waals surface area contributed by atoms with Crippen LogP contribution in [0, 0.1) is 10.1 Å². The Hall–Kier alpha value is -3.36. The molecule has 134 valence electrons. The zero-order valence-corrected chi connectivity index (χ0v) is 13.2. The number of aromatic nitrogens is 2. The van der Waals surface area contributed by atoms with Crippen LogP contribution in [0.1, 0.15) is 11.3 Å². The third-order valence-corrected chi connectivity index (χ3v) is 3.55. The molecule has 1 N–H and O–H groups in total. The SMILES string of the molecule is O=[N+]([O-])c1cc(-c2ncc(C(F)(F)F)[nH]2)ccc1OCc1ccccc1. The highest BCUT2D eigenvalue weighted by Gasteiger charge is 2.33. The summed E-state index contributed by atoms with van der Waals surface area (Å²) in [5.74, 6) is -0.0970. The van der Waals surface area contributed by atoms with Gasteiger partial charge in [-0.25, -0.2) is 4.98 Å². The molecule has 0 fully saturated rings. The van der Waals surface area contributed by atoms with E-state index in [0.29, 0.717) is 6.20 Å². The number of alkyl halides is 3. The fourth-order valence-electron chi connectivity index (χ4n) is 2.28. The number of imidazole rings is 1. The van der Waals surface area contributed by atoms with Gasteiger partial charge in [0.2, 0.25) is 0 Å². The van der Waals surface area contributed by atoms with E-state index in [1.807, 2.05) is 30.3 Å². The molecule has 0 aliphatic carbocycles. The molecule has 1 heterocycles. The van der Waals surface area contributed by atoms with Gasteiger partial charge in [-0.3, -0.25) is 10.1 Å². The molecule has 0 saturated carbocycles. The maximum atomic E-state index is 12.7. The van der Waals surface area contributed by atoms with Crippen LogP contribution in [0.25, 0.3) is 11.4 Å². The van der Waals surface area contributed by atoms with E-state index in [-0.39, 0.29) is 29.4 Å². The summed E-state index contributed by atoms with van der Waals surface area (Å²) in [5, 5.41) is 11.3. The van der Waals surface area contributed by atoms with Gasteiger partial charge in [-0.1, -0.05) is 30.3 Å². The number of nitro benzene ring substituents is 1. The van der Waals surface area contributed by atoms with Crippen molar-refractivity contribution in [3.05, 3.63) is 76.1 Å². The first-order chi connectivity index (χ1) is 12.3. The second kappa shape index (κ2) is 6.87. The first-order valence-corrected chi connectivity index (χ1v) is 7.42. The maximum absolute atomic E-state index is 12.7. The predicted octanol–water partition coefficient (Wildman–Crippen LogP) is 4.58. The van der Waals surface area contributed by atoms with Crippen LogP contribution in [0.4, 0.5) is 18.9 Å². The largest absolute Gasteiger partial charge is 0.482 e. The van der Waals surface area contributed by atoms with Crippen molar-refractivity contribution in [2.45, 2.75) is 12.8 Å². The van der Waals surface area contributed by atoms with Crippen LogP contribution in [0.3, 0.4) is 0 Å². The summed E-state index contributed by atoms with van der Waals surface area (Å²) in [7, 11) is 0. The summed E-state index contributed by atoms with van der Waals surface area (Å²) < 4.78 is 43.4. The Labute approximate surface area is 145 Å². The zero-order chi connectivity index (χ0) is 18.7. The smallest absolute Gasteiger partial charge is 0.432 e. The number of ether oxygens (including phenoxy) is 1. The van der Waals surface area contributed by atoms with E-state index in [0.717, 1.165) is 11.6 Å². The Morgan fingerprint density at radius 1 is 1.15 bits per heavy atom. The van der Waals surface area contributed by atoms with Gasteiger partial charge >= 0.3 is 11.9 Å². The Balaban J connectivity index is 1.87. The number of hydrogen-bond donors (Lipinski definition) is 1. The van der Waals surface area contributed by atoms with Crippen molar-refractivity contribution >= 4 is 5.69 Å². The lowest BCUT2D eigenvalue weighted by Gasteiger charge is -2.08. The van der Waals surface area contributed by atoms with Crippen molar-refractivity contribution in [2.75, 3.05) is 0 Å². The second-order valence-electron chi connectivity index (χ2n) is 5.36. The molecule has 3 rings (SSSR count). The minimum atomic E-state index is -4.57. The van der Waals surface area contributed by atoms with Crippen LogP contribution in [-0.4, -0.2) is 14.9 Å². The van der Waals surface area contributed by atoms with E-state index < -0.39 is 16.8 Å². The van der Waals surface area contributed by atoms with E-state index in [4.69, 9.17) is 4.74 Å². The van der Waals surface area contributed by atoms with Gasteiger partial charge in [0, 0.05) is 11.6 Å². The van der Waals surface area contributed by atoms with Crippen molar-refractivity contribution in [3.8, 4) is 17.1 Å². The molecular formula is C17H12F3N3O3. The van der Waals surface area contributed by atoms with E-state index in [9.17, 15) is 23.3 Å². The van der Waals surface area contributed by atoms with Gasteiger partial charge in [-0.2, -0.15) is 13.2 Å². The minimum absolute atomic E-state index is 0.0187. The Bertz CT molecular complexity index is 924. The van der Waals surface area contributed by atoms with Gasteiger partial charge < -0.3 is 9.72 Å². The van der Waals surface area contributed by atoms with Crippen LogP contribution in [0.15, 0.2) is 54.7 Å². The van der Waals surface area contributed by atoms with Crippen molar-refractivity contribution in [2.24, 2.45) is 0 Å². The molecular weight excluding hydrogens is 351 g/mol. The predicted molar refractivity (Wildman–Crippen MR) is 86.5 cm³/mol. The van der Waals surface area contributed by atoms with E-state index in [1.54, 1.807) is 0 Å². The molecule has 1 aromatic heterocycles. The molecule has 0 aliphatic heterocycles. The number of rotatable bonds is 5. The Kier molecular flexibility index (Phi) is 4.61. The second-order valence-corrected chi connectivity index (χ2v) is 5.36. The topological polar surface area (TPSA) is 81.0 Å². The van der Waals surface area contributed by atoms with E-state index in [1.165, 1.54) is 12.1 Å². The molecule has 0 atom stereocenters. The third-order valence-electron chi connectivity index (χ3n) is 3.55. The zero-order valence-electron chi connectivity index (χ0n) is 13.2. The third kappa shape index (κ3) is 3.82. The number of benzene rings is 2. The molecule has 0 aliphatic rings. The molecule has 9 heteroatoms. The number of aromatic amines is 1. The molecule has 6 nitrogen and oxygen atoms in total. The average Bonchev–Trinajstić information content (AvgIpc) is 3.11. The van der Waals surface area contributed by atoms with E-state index >= 15 is 0 Å². The molecule has 3 aromatic rings. The van der Waals surface area contributed by atoms with Crippen LogP contribution in [0.2, 0.25) is 0 Å². The number of hydrogen-bond acceptors (Lipinski definition) is 4. The van der Waals surface area contributed by atoms with Gasteiger partial charge in [-0.05, 0) is 17.7 Å². The average molecular weight is 363 g/mol. The van der Waals surface area contributed by atoms with Gasteiger partial charge in [0.25, 0.3) is 0 Å². The Morgan fingerprint density at radius 3 is 2.50 bits per heavy atom.